The molecule has 5 rings (SSSR count). The molecular formula is C23H14BrClN2O2S. The number of hydrogen-bond acceptors (Lipinski definition) is 5. The topological polar surface area (TPSA) is 48.2 Å². The maximum atomic E-state index is 5.90. The van der Waals surface area contributed by atoms with Gasteiger partial charge >= 0.3 is 0 Å². The summed E-state index contributed by atoms with van der Waals surface area (Å²) in [4.78, 5) is 5.55. The third-order valence-electron chi connectivity index (χ3n) is 4.58. The van der Waals surface area contributed by atoms with E-state index in [2.05, 4.69) is 38.2 Å². The Kier molecular flexibility index (Phi) is 5.29. The summed E-state index contributed by atoms with van der Waals surface area (Å²) in [6.07, 6.45) is 0. The van der Waals surface area contributed by atoms with Crippen LogP contribution < -0.4 is 4.74 Å². The first-order chi connectivity index (χ1) is 14.7. The molecule has 0 unspecified atom stereocenters. The van der Waals surface area contributed by atoms with Crippen LogP contribution in [0.4, 0.5) is 0 Å². The van der Waals surface area contributed by atoms with Gasteiger partial charge in [0.15, 0.2) is 0 Å². The molecule has 7 heteroatoms. The first-order valence-corrected chi connectivity index (χ1v) is 11.1. The van der Waals surface area contributed by atoms with Crippen LogP contribution in [0.15, 0.2) is 81.8 Å². The Morgan fingerprint density at radius 2 is 1.73 bits per heavy atom. The average Bonchev–Trinajstić information content (AvgIpc) is 3.39. The lowest BCUT2D eigenvalue weighted by Crippen LogP contribution is -1.95. The lowest BCUT2D eigenvalue weighted by Gasteiger charge is -2.06. The predicted octanol–water partition coefficient (Wildman–Crippen LogP) is 7.61. The summed E-state index contributed by atoms with van der Waals surface area (Å²) in [5.74, 6) is 1.84. The molecule has 3 aromatic carbocycles. The molecular weight excluding hydrogens is 484 g/mol. The van der Waals surface area contributed by atoms with E-state index in [4.69, 9.17) is 20.9 Å². The predicted molar refractivity (Wildman–Crippen MR) is 124 cm³/mol. The highest BCUT2D eigenvalue weighted by Gasteiger charge is 2.17. The number of aromatic nitrogens is 2. The Bertz CT molecular complexity index is 1310. The van der Waals surface area contributed by atoms with Crippen molar-refractivity contribution in [1.29, 1.82) is 0 Å². The maximum Gasteiger partial charge on any atom is 0.258 e. The van der Waals surface area contributed by atoms with Crippen molar-refractivity contribution >= 4 is 49.0 Å². The molecule has 0 saturated carbocycles. The van der Waals surface area contributed by atoms with Crippen LogP contribution in [0, 0.1) is 0 Å². The molecule has 0 amide bonds. The Morgan fingerprint density at radius 1 is 0.967 bits per heavy atom. The summed E-state index contributed by atoms with van der Waals surface area (Å²) >= 11 is 11.2. The van der Waals surface area contributed by atoms with Crippen molar-refractivity contribution in [3.05, 3.63) is 87.9 Å². The molecule has 0 aliphatic carbocycles. The Labute approximate surface area is 190 Å². The summed E-state index contributed by atoms with van der Waals surface area (Å²) in [5, 5.41) is 6.02. The zero-order valence-electron chi connectivity index (χ0n) is 15.5. The molecule has 148 valence electrons. The molecule has 2 aromatic heterocycles. The van der Waals surface area contributed by atoms with Gasteiger partial charge in [-0.2, -0.15) is 4.98 Å². The van der Waals surface area contributed by atoms with Crippen LogP contribution >= 0.6 is 38.9 Å². The fourth-order valence-corrected chi connectivity index (χ4v) is 5.08. The summed E-state index contributed by atoms with van der Waals surface area (Å²) in [6.45, 7) is 0.464. The molecule has 30 heavy (non-hydrogen) atoms. The van der Waals surface area contributed by atoms with Crippen molar-refractivity contribution in [2.75, 3.05) is 0 Å². The zero-order chi connectivity index (χ0) is 20.5. The van der Waals surface area contributed by atoms with Gasteiger partial charge in [0.2, 0.25) is 5.82 Å². The van der Waals surface area contributed by atoms with Gasteiger partial charge in [0, 0.05) is 25.1 Å². The minimum Gasteiger partial charge on any atom is -0.489 e. The van der Waals surface area contributed by atoms with Crippen molar-refractivity contribution in [1.82, 2.24) is 10.1 Å². The lowest BCUT2D eigenvalue weighted by molar-refractivity contribution is 0.306. The van der Waals surface area contributed by atoms with Crippen LogP contribution in [-0.2, 0) is 6.61 Å². The van der Waals surface area contributed by atoms with Gasteiger partial charge in [0.25, 0.3) is 5.89 Å². The zero-order valence-corrected chi connectivity index (χ0v) is 18.7. The second-order valence-electron chi connectivity index (χ2n) is 6.60. The average molecular weight is 498 g/mol. The van der Waals surface area contributed by atoms with Crippen LogP contribution in [0.2, 0.25) is 5.02 Å². The summed E-state index contributed by atoms with van der Waals surface area (Å²) in [6, 6.07) is 23.4. The molecule has 0 saturated heterocycles. The number of nitrogens with zero attached hydrogens (tertiary/aromatic N) is 2. The molecule has 0 aliphatic heterocycles. The first kappa shape index (κ1) is 19.3. The van der Waals surface area contributed by atoms with E-state index >= 15 is 0 Å². The quantitative estimate of drug-likeness (QED) is 0.251. The molecule has 0 radical (unpaired) electrons. The molecule has 4 nitrogen and oxygen atoms in total. The summed E-state index contributed by atoms with van der Waals surface area (Å²) in [5.41, 5.74) is 1.90. The van der Waals surface area contributed by atoms with Crippen LogP contribution in [0.1, 0.15) is 5.56 Å². The number of ether oxygens (including phenoxy) is 1. The Hall–Kier alpha value is -2.67. The van der Waals surface area contributed by atoms with Gasteiger partial charge in [-0.1, -0.05) is 47.1 Å². The third-order valence-corrected chi connectivity index (χ3v) is 7.09. The van der Waals surface area contributed by atoms with Crippen LogP contribution in [0.3, 0.4) is 0 Å². The Balaban J connectivity index is 1.33. The van der Waals surface area contributed by atoms with Crippen molar-refractivity contribution in [2.45, 2.75) is 6.61 Å². The summed E-state index contributed by atoms with van der Waals surface area (Å²) < 4.78 is 13.5. The molecule has 0 aliphatic rings. The number of hydrogen-bond donors (Lipinski definition) is 0. The van der Waals surface area contributed by atoms with Crippen LogP contribution in [0.25, 0.3) is 32.2 Å². The normalized spacial score (nSPS) is 11.1. The van der Waals surface area contributed by atoms with Gasteiger partial charge in [0.05, 0.1) is 4.88 Å². The number of fused-ring (bicyclic) bond motifs is 1. The molecule has 5 aromatic rings. The highest BCUT2D eigenvalue weighted by molar-refractivity contribution is 9.10. The highest BCUT2D eigenvalue weighted by Crippen LogP contribution is 2.41. The highest BCUT2D eigenvalue weighted by atomic mass is 79.9. The fraction of sp³-hybridized carbons (Fsp3) is 0.0435. The third kappa shape index (κ3) is 3.86. The van der Waals surface area contributed by atoms with Gasteiger partial charge < -0.3 is 9.26 Å². The number of benzene rings is 3. The largest absolute Gasteiger partial charge is 0.489 e. The first-order valence-electron chi connectivity index (χ1n) is 9.16. The van der Waals surface area contributed by atoms with Crippen molar-refractivity contribution in [2.24, 2.45) is 0 Å². The van der Waals surface area contributed by atoms with Gasteiger partial charge in [-0.25, -0.2) is 0 Å². The van der Waals surface area contributed by atoms with E-state index in [1.165, 1.54) is 4.70 Å². The van der Waals surface area contributed by atoms with E-state index in [1.54, 1.807) is 11.3 Å². The van der Waals surface area contributed by atoms with Crippen LogP contribution in [0.5, 0.6) is 5.75 Å². The van der Waals surface area contributed by atoms with Crippen molar-refractivity contribution < 1.29 is 9.26 Å². The SMILES string of the molecule is Clc1ccc(OCc2ccc(-c3nc(-c4sc5ccccc5c4Br)no3)cc2)cc1. The van der Waals surface area contributed by atoms with E-state index in [0.717, 1.165) is 31.6 Å². The molecule has 0 bridgehead atoms. The molecule has 0 atom stereocenters. The van der Waals surface area contributed by atoms with Gasteiger partial charge in [-0.15, -0.1) is 11.3 Å². The Morgan fingerprint density at radius 3 is 2.50 bits per heavy atom. The molecule has 0 spiro atoms. The second-order valence-corrected chi connectivity index (χ2v) is 8.89. The standard InChI is InChI=1S/C23H14BrClN2O2S/c24-20-18-3-1-2-4-19(18)30-21(20)22-26-23(29-27-22)15-7-5-14(6-8-15)13-28-17-11-9-16(25)10-12-17/h1-12H,13H2. The molecule has 0 N–H and O–H groups in total. The van der Waals surface area contributed by atoms with Crippen molar-refractivity contribution in [3.8, 4) is 27.9 Å². The van der Waals surface area contributed by atoms with E-state index in [0.29, 0.717) is 23.3 Å². The monoisotopic (exact) mass is 496 g/mol. The maximum absolute atomic E-state index is 5.90. The fourth-order valence-electron chi connectivity index (χ4n) is 3.03. The summed E-state index contributed by atoms with van der Waals surface area (Å²) in [7, 11) is 0. The molecule has 2 heterocycles. The number of thiophene rings is 1. The van der Waals surface area contributed by atoms with Gasteiger partial charge in [-0.3, -0.25) is 0 Å². The minimum absolute atomic E-state index is 0.464. The van der Waals surface area contributed by atoms with Crippen LogP contribution in [-0.4, -0.2) is 10.1 Å². The van der Waals surface area contributed by atoms with E-state index in [1.807, 2.05) is 60.7 Å². The lowest BCUT2D eigenvalue weighted by atomic mass is 10.1. The molecule has 0 fully saturated rings. The van der Waals surface area contributed by atoms with Gasteiger partial charge in [-0.05, 0) is 64.0 Å². The van der Waals surface area contributed by atoms with E-state index in [-0.39, 0.29) is 0 Å². The second kappa shape index (κ2) is 8.22. The van der Waals surface area contributed by atoms with E-state index < -0.39 is 0 Å². The van der Waals surface area contributed by atoms with Gasteiger partial charge in [0.1, 0.15) is 12.4 Å². The smallest absolute Gasteiger partial charge is 0.258 e. The number of rotatable bonds is 5. The van der Waals surface area contributed by atoms with Crippen molar-refractivity contribution in [3.63, 3.8) is 0 Å². The van der Waals surface area contributed by atoms with E-state index in [9.17, 15) is 0 Å². The number of halogens is 2. The minimum atomic E-state index is 0.464.